The number of piperazine rings is 1. The van der Waals surface area contributed by atoms with Crippen LogP contribution in [0.3, 0.4) is 0 Å². The van der Waals surface area contributed by atoms with E-state index < -0.39 is 0 Å². The van der Waals surface area contributed by atoms with Crippen LogP contribution in [0.15, 0.2) is 0 Å². The molecule has 1 N–H and O–H groups in total. The fraction of sp³-hybridized carbons (Fsp3) is 1.00. The van der Waals surface area contributed by atoms with Crippen LogP contribution in [0.4, 0.5) is 0 Å². The highest BCUT2D eigenvalue weighted by molar-refractivity contribution is 4.96. The summed E-state index contributed by atoms with van der Waals surface area (Å²) in [7, 11) is 1.81. The molecule has 16 heavy (non-hydrogen) atoms. The molecular weight excluding hydrogens is 200 g/mol. The Morgan fingerprint density at radius 2 is 2.19 bits per heavy atom. The number of nitrogens with one attached hydrogen (secondary N) is 1. The standard InChI is InChI=1S/C13H26N2O/c1-4-12-8-15(10(2)9-16-3)13(7-14-12)11-5-6-11/h10-14H,4-9H2,1-3H3. The predicted octanol–water partition coefficient (Wildman–Crippen LogP) is 1.48. The van der Waals surface area contributed by atoms with E-state index in [1.807, 2.05) is 7.11 Å². The molecule has 1 saturated heterocycles. The van der Waals surface area contributed by atoms with Crippen LogP contribution >= 0.6 is 0 Å². The van der Waals surface area contributed by atoms with Gasteiger partial charge < -0.3 is 10.1 Å². The summed E-state index contributed by atoms with van der Waals surface area (Å²) in [6.07, 6.45) is 4.09. The van der Waals surface area contributed by atoms with E-state index in [0.29, 0.717) is 12.1 Å². The third-order valence-electron chi connectivity index (χ3n) is 4.11. The minimum Gasteiger partial charge on any atom is -0.383 e. The minimum absolute atomic E-state index is 0.562. The molecule has 0 amide bonds. The van der Waals surface area contributed by atoms with Gasteiger partial charge in [0, 0.05) is 38.3 Å². The molecule has 1 aliphatic carbocycles. The molecule has 0 bridgehead atoms. The number of rotatable bonds is 5. The first-order valence-electron chi connectivity index (χ1n) is 6.74. The Labute approximate surface area is 99.5 Å². The number of methoxy groups -OCH3 is 1. The van der Waals surface area contributed by atoms with E-state index >= 15 is 0 Å². The summed E-state index contributed by atoms with van der Waals surface area (Å²) < 4.78 is 5.31. The van der Waals surface area contributed by atoms with Gasteiger partial charge in [-0.1, -0.05) is 6.92 Å². The van der Waals surface area contributed by atoms with Crippen molar-refractivity contribution in [2.24, 2.45) is 5.92 Å². The molecule has 0 aromatic heterocycles. The lowest BCUT2D eigenvalue weighted by Gasteiger charge is -2.43. The summed E-state index contributed by atoms with van der Waals surface area (Å²) in [4.78, 5) is 2.69. The van der Waals surface area contributed by atoms with Crippen LogP contribution in [0.25, 0.3) is 0 Å². The van der Waals surface area contributed by atoms with Crippen LogP contribution in [0.2, 0.25) is 0 Å². The zero-order chi connectivity index (χ0) is 11.5. The lowest BCUT2D eigenvalue weighted by molar-refractivity contribution is 0.0327. The smallest absolute Gasteiger partial charge is 0.0615 e. The second kappa shape index (κ2) is 5.48. The van der Waals surface area contributed by atoms with Gasteiger partial charge in [-0.05, 0) is 32.1 Å². The zero-order valence-corrected chi connectivity index (χ0v) is 10.9. The van der Waals surface area contributed by atoms with Crippen molar-refractivity contribution in [2.45, 2.75) is 51.2 Å². The van der Waals surface area contributed by atoms with Crippen molar-refractivity contribution in [1.29, 1.82) is 0 Å². The molecule has 1 aliphatic heterocycles. The summed E-state index contributed by atoms with van der Waals surface area (Å²) in [6.45, 7) is 7.81. The number of ether oxygens (including phenoxy) is 1. The zero-order valence-electron chi connectivity index (χ0n) is 10.9. The van der Waals surface area contributed by atoms with Gasteiger partial charge in [-0.25, -0.2) is 0 Å². The van der Waals surface area contributed by atoms with Crippen molar-refractivity contribution < 1.29 is 4.74 Å². The molecule has 3 atom stereocenters. The summed E-state index contributed by atoms with van der Waals surface area (Å²) in [5, 5.41) is 3.68. The van der Waals surface area contributed by atoms with Crippen molar-refractivity contribution in [3.05, 3.63) is 0 Å². The molecule has 0 aromatic carbocycles. The first-order valence-corrected chi connectivity index (χ1v) is 6.74. The maximum Gasteiger partial charge on any atom is 0.0615 e. The highest BCUT2D eigenvalue weighted by Gasteiger charge is 2.39. The largest absolute Gasteiger partial charge is 0.383 e. The summed E-state index contributed by atoms with van der Waals surface area (Å²) >= 11 is 0. The second-order valence-corrected chi connectivity index (χ2v) is 5.42. The molecule has 1 saturated carbocycles. The van der Waals surface area contributed by atoms with Gasteiger partial charge in [0.1, 0.15) is 0 Å². The van der Waals surface area contributed by atoms with E-state index in [2.05, 4.69) is 24.1 Å². The fourth-order valence-electron chi connectivity index (χ4n) is 2.89. The van der Waals surface area contributed by atoms with E-state index in [9.17, 15) is 0 Å². The maximum absolute atomic E-state index is 5.31. The van der Waals surface area contributed by atoms with Crippen molar-refractivity contribution >= 4 is 0 Å². The van der Waals surface area contributed by atoms with Gasteiger partial charge in [-0.2, -0.15) is 0 Å². The summed E-state index contributed by atoms with van der Waals surface area (Å²) in [5.41, 5.74) is 0. The van der Waals surface area contributed by atoms with Crippen LogP contribution in [-0.4, -0.2) is 49.8 Å². The van der Waals surface area contributed by atoms with Gasteiger partial charge in [0.25, 0.3) is 0 Å². The highest BCUT2D eigenvalue weighted by Crippen LogP contribution is 2.37. The molecule has 3 nitrogen and oxygen atoms in total. The van der Waals surface area contributed by atoms with E-state index in [-0.39, 0.29) is 0 Å². The average Bonchev–Trinajstić information content (AvgIpc) is 3.12. The third-order valence-corrected chi connectivity index (χ3v) is 4.11. The van der Waals surface area contributed by atoms with Crippen molar-refractivity contribution in [1.82, 2.24) is 10.2 Å². The van der Waals surface area contributed by atoms with Crippen LogP contribution in [-0.2, 0) is 4.74 Å². The molecule has 94 valence electrons. The van der Waals surface area contributed by atoms with Crippen LogP contribution < -0.4 is 5.32 Å². The average molecular weight is 226 g/mol. The topological polar surface area (TPSA) is 24.5 Å². The molecule has 2 fully saturated rings. The second-order valence-electron chi connectivity index (χ2n) is 5.42. The van der Waals surface area contributed by atoms with Crippen molar-refractivity contribution in [3.8, 4) is 0 Å². The molecule has 0 spiro atoms. The van der Waals surface area contributed by atoms with Crippen molar-refractivity contribution in [3.63, 3.8) is 0 Å². The van der Waals surface area contributed by atoms with Gasteiger partial charge in [-0.15, -0.1) is 0 Å². The first-order chi connectivity index (χ1) is 7.76. The summed E-state index contributed by atoms with van der Waals surface area (Å²) in [6, 6.07) is 1.99. The van der Waals surface area contributed by atoms with Crippen LogP contribution in [0.1, 0.15) is 33.1 Å². The number of hydrogen-bond donors (Lipinski definition) is 1. The Morgan fingerprint density at radius 1 is 1.44 bits per heavy atom. The van der Waals surface area contributed by atoms with Gasteiger partial charge in [-0.3, -0.25) is 4.90 Å². The Hall–Kier alpha value is -0.120. The van der Waals surface area contributed by atoms with Crippen molar-refractivity contribution in [2.75, 3.05) is 26.8 Å². The van der Waals surface area contributed by atoms with E-state index in [0.717, 1.165) is 18.6 Å². The molecule has 2 rings (SSSR count). The molecule has 0 radical (unpaired) electrons. The van der Waals surface area contributed by atoms with E-state index in [4.69, 9.17) is 4.74 Å². The summed E-state index contributed by atoms with van der Waals surface area (Å²) in [5.74, 6) is 0.949. The van der Waals surface area contributed by atoms with Crippen LogP contribution in [0.5, 0.6) is 0 Å². The van der Waals surface area contributed by atoms with E-state index in [1.165, 1.54) is 32.4 Å². The quantitative estimate of drug-likeness (QED) is 0.768. The third kappa shape index (κ3) is 2.76. The molecule has 1 heterocycles. The normalized spacial score (nSPS) is 33.9. The molecule has 0 aromatic rings. The monoisotopic (exact) mass is 226 g/mol. The van der Waals surface area contributed by atoms with Gasteiger partial charge in [0.15, 0.2) is 0 Å². The molecule has 2 aliphatic rings. The Kier molecular flexibility index (Phi) is 4.22. The lowest BCUT2D eigenvalue weighted by Crippen LogP contribution is -2.60. The molecule has 3 heteroatoms. The van der Waals surface area contributed by atoms with Gasteiger partial charge in [0.05, 0.1) is 6.61 Å². The number of hydrogen-bond acceptors (Lipinski definition) is 3. The number of nitrogens with zero attached hydrogens (tertiary/aromatic N) is 1. The minimum atomic E-state index is 0.562. The van der Waals surface area contributed by atoms with Gasteiger partial charge in [0.2, 0.25) is 0 Å². The molecular formula is C13H26N2O. The lowest BCUT2D eigenvalue weighted by atomic mass is 10.0. The molecule has 3 unspecified atom stereocenters. The predicted molar refractivity (Wildman–Crippen MR) is 66.6 cm³/mol. The van der Waals surface area contributed by atoms with Gasteiger partial charge >= 0.3 is 0 Å². The van der Waals surface area contributed by atoms with E-state index in [1.54, 1.807) is 0 Å². The highest BCUT2D eigenvalue weighted by atomic mass is 16.5. The first kappa shape index (κ1) is 12.3. The maximum atomic E-state index is 5.31. The Balaban J connectivity index is 1.95. The van der Waals surface area contributed by atoms with Crippen LogP contribution in [0, 0.1) is 5.92 Å². The SMILES string of the molecule is CCC1CN(C(C)COC)C(C2CC2)CN1. The Bertz CT molecular complexity index is 218. The Morgan fingerprint density at radius 3 is 2.75 bits per heavy atom. The fourth-order valence-corrected chi connectivity index (χ4v) is 2.89.